The second-order valence-electron chi connectivity index (χ2n) is 11.3. The quantitative estimate of drug-likeness (QED) is 0.503. The van der Waals surface area contributed by atoms with E-state index in [0.717, 1.165) is 30.6 Å². The van der Waals surface area contributed by atoms with Crippen LogP contribution in [0.15, 0.2) is 34.4 Å². The van der Waals surface area contributed by atoms with Crippen LogP contribution in [0.25, 0.3) is 0 Å². The van der Waals surface area contributed by atoms with Crippen molar-refractivity contribution in [2.24, 2.45) is 28.6 Å². The lowest BCUT2D eigenvalue weighted by Crippen LogP contribution is -2.45. The molecule has 0 bridgehead atoms. The van der Waals surface area contributed by atoms with Crippen LogP contribution in [0.3, 0.4) is 0 Å². The van der Waals surface area contributed by atoms with Gasteiger partial charge >= 0.3 is 0 Å². The van der Waals surface area contributed by atoms with Gasteiger partial charge in [-0.2, -0.15) is 0 Å². The summed E-state index contributed by atoms with van der Waals surface area (Å²) in [6, 6.07) is 0. The van der Waals surface area contributed by atoms with E-state index in [2.05, 4.69) is 46.8 Å². The molecular formula is C27H42O. The topological polar surface area (TPSA) is 20.2 Å². The fraction of sp³-hybridized carbons (Fsp3) is 0.778. The second-order valence-corrected chi connectivity index (χ2v) is 11.3. The van der Waals surface area contributed by atoms with Crippen LogP contribution < -0.4 is 0 Å². The average Bonchev–Trinajstić information content (AvgIpc) is 2.99. The van der Waals surface area contributed by atoms with Gasteiger partial charge in [0.2, 0.25) is 0 Å². The predicted molar refractivity (Wildman–Crippen MR) is 119 cm³/mol. The van der Waals surface area contributed by atoms with Crippen LogP contribution in [0.5, 0.6) is 0 Å². The zero-order valence-corrected chi connectivity index (χ0v) is 19.0. The normalized spacial score (nSPS) is 41.8. The first-order valence-electron chi connectivity index (χ1n) is 12.0. The van der Waals surface area contributed by atoms with Gasteiger partial charge in [0.25, 0.3) is 0 Å². The zero-order chi connectivity index (χ0) is 20.1. The summed E-state index contributed by atoms with van der Waals surface area (Å²) in [6.07, 6.45) is 17.3. The second kappa shape index (κ2) is 7.46. The zero-order valence-electron chi connectivity index (χ0n) is 19.0. The SMILES string of the molecule is C/C(CCCC(C)C)=C1/CC[C@H]2C3=CC=C4C[C@@H](O)CC[C@]4(C)[C@H]3CC[C@@]12C. The molecule has 3 saturated carbocycles. The third-order valence-corrected chi connectivity index (χ3v) is 9.18. The molecule has 0 saturated heterocycles. The van der Waals surface area contributed by atoms with Crippen LogP contribution >= 0.6 is 0 Å². The van der Waals surface area contributed by atoms with Gasteiger partial charge in [-0.15, -0.1) is 0 Å². The van der Waals surface area contributed by atoms with E-state index in [1.807, 2.05) is 5.57 Å². The Morgan fingerprint density at radius 2 is 1.79 bits per heavy atom. The molecule has 28 heavy (non-hydrogen) atoms. The van der Waals surface area contributed by atoms with Crippen LogP contribution in [-0.2, 0) is 0 Å². The summed E-state index contributed by atoms with van der Waals surface area (Å²) in [5.74, 6) is 2.30. The molecule has 0 spiro atoms. The van der Waals surface area contributed by atoms with Crippen LogP contribution in [0.1, 0.15) is 98.8 Å². The van der Waals surface area contributed by atoms with Crippen molar-refractivity contribution in [3.8, 4) is 0 Å². The minimum Gasteiger partial charge on any atom is -0.393 e. The molecule has 0 aromatic heterocycles. The molecule has 1 nitrogen and oxygen atoms in total. The fourth-order valence-corrected chi connectivity index (χ4v) is 7.43. The first kappa shape index (κ1) is 20.5. The van der Waals surface area contributed by atoms with E-state index in [4.69, 9.17) is 0 Å². The molecule has 1 N–H and O–H groups in total. The van der Waals surface area contributed by atoms with Crippen molar-refractivity contribution >= 4 is 0 Å². The molecule has 4 aliphatic rings. The maximum atomic E-state index is 10.2. The van der Waals surface area contributed by atoms with Crippen LogP contribution in [0.4, 0.5) is 0 Å². The van der Waals surface area contributed by atoms with Gasteiger partial charge in [-0.05, 0) is 93.3 Å². The molecule has 0 aliphatic heterocycles. The number of rotatable bonds is 4. The Labute approximate surface area is 173 Å². The highest BCUT2D eigenvalue weighted by atomic mass is 16.3. The van der Waals surface area contributed by atoms with Crippen molar-refractivity contribution in [3.05, 3.63) is 34.4 Å². The lowest BCUT2D eigenvalue weighted by atomic mass is 9.51. The van der Waals surface area contributed by atoms with Gasteiger partial charge in [0.1, 0.15) is 0 Å². The summed E-state index contributed by atoms with van der Waals surface area (Å²) < 4.78 is 0. The minimum absolute atomic E-state index is 0.113. The van der Waals surface area contributed by atoms with Crippen molar-refractivity contribution in [2.75, 3.05) is 0 Å². The van der Waals surface area contributed by atoms with Crippen molar-refractivity contribution in [2.45, 2.75) is 105 Å². The highest BCUT2D eigenvalue weighted by molar-refractivity contribution is 5.42. The van der Waals surface area contributed by atoms with E-state index in [1.54, 1.807) is 11.1 Å². The van der Waals surface area contributed by atoms with Crippen molar-refractivity contribution in [3.63, 3.8) is 0 Å². The molecule has 0 amide bonds. The van der Waals surface area contributed by atoms with Crippen molar-refractivity contribution in [1.82, 2.24) is 0 Å². The number of hydrogen-bond acceptors (Lipinski definition) is 1. The van der Waals surface area contributed by atoms with Gasteiger partial charge in [0.05, 0.1) is 6.10 Å². The summed E-state index contributed by atoms with van der Waals surface area (Å²) in [5, 5.41) is 10.2. The van der Waals surface area contributed by atoms with Gasteiger partial charge in [-0.25, -0.2) is 0 Å². The predicted octanol–water partition coefficient (Wildman–Crippen LogP) is 7.37. The summed E-state index contributed by atoms with van der Waals surface area (Å²) in [6.45, 7) is 12.2. The molecule has 0 aromatic rings. The Bertz CT molecular complexity index is 708. The third kappa shape index (κ3) is 3.26. The molecule has 1 heteroatoms. The molecule has 5 atom stereocenters. The molecular weight excluding hydrogens is 340 g/mol. The van der Waals surface area contributed by atoms with E-state index in [9.17, 15) is 5.11 Å². The Morgan fingerprint density at radius 3 is 2.54 bits per heavy atom. The summed E-state index contributed by atoms with van der Waals surface area (Å²) in [7, 11) is 0. The van der Waals surface area contributed by atoms with Gasteiger partial charge in [0, 0.05) is 0 Å². The van der Waals surface area contributed by atoms with Gasteiger partial charge in [-0.3, -0.25) is 0 Å². The molecule has 3 fully saturated rings. The lowest BCUT2D eigenvalue weighted by Gasteiger charge is -2.54. The molecule has 0 radical (unpaired) electrons. The van der Waals surface area contributed by atoms with E-state index >= 15 is 0 Å². The Hall–Kier alpha value is -0.820. The summed E-state index contributed by atoms with van der Waals surface area (Å²) >= 11 is 0. The smallest absolute Gasteiger partial charge is 0.0578 e. The molecule has 4 aliphatic carbocycles. The maximum absolute atomic E-state index is 10.2. The van der Waals surface area contributed by atoms with Gasteiger partial charge < -0.3 is 5.11 Å². The highest BCUT2D eigenvalue weighted by Crippen LogP contribution is 2.65. The number of allylic oxidation sites excluding steroid dienone is 5. The fourth-order valence-electron chi connectivity index (χ4n) is 7.43. The van der Waals surface area contributed by atoms with E-state index in [0.29, 0.717) is 10.8 Å². The van der Waals surface area contributed by atoms with Crippen molar-refractivity contribution < 1.29 is 5.11 Å². The molecule has 156 valence electrons. The summed E-state index contributed by atoms with van der Waals surface area (Å²) in [5.41, 5.74) is 7.54. The van der Waals surface area contributed by atoms with Crippen LogP contribution in [0.2, 0.25) is 0 Å². The average molecular weight is 383 g/mol. The standard InChI is InChI=1S/C27H42O/c1-18(2)7-6-8-19(3)23-11-12-24-22-10-9-20-17-21(28)13-15-26(20,4)25(22)14-16-27(23,24)5/h9-10,18,21,24-25,28H,6-8,11-17H2,1-5H3/b23-19+/t21-,24-,25-,26-,27-/m0/s1. The first-order chi connectivity index (χ1) is 13.3. The highest BCUT2D eigenvalue weighted by Gasteiger charge is 2.54. The number of fused-ring (bicyclic) bond motifs is 5. The largest absolute Gasteiger partial charge is 0.393 e. The van der Waals surface area contributed by atoms with E-state index < -0.39 is 0 Å². The summed E-state index contributed by atoms with van der Waals surface area (Å²) in [4.78, 5) is 0. The Kier molecular flexibility index (Phi) is 5.45. The molecule has 0 unspecified atom stereocenters. The van der Waals surface area contributed by atoms with Crippen molar-refractivity contribution in [1.29, 1.82) is 0 Å². The number of hydrogen-bond donors (Lipinski definition) is 1. The number of aliphatic hydroxyl groups excluding tert-OH is 1. The lowest BCUT2D eigenvalue weighted by molar-refractivity contribution is 0.0645. The third-order valence-electron chi connectivity index (χ3n) is 9.18. The molecule has 4 rings (SSSR count). The van der Waals surface area contributed by atoms with Gasteiger partial charge in [-0.1, -0.05) is 68.6 Å². The first-order valence-corrected chi connectivity index (χ1v) is 12.0. The Balaban J connectivity index is 1.59. The monoisotopic (exact) mass is 382 g/mol. The number of aliphatic hydroxyl groups is 1. The molecule has 0 aromatic carbocycles. The minimum atomic E-state index is -0.113. The van der Waals surface area contributed by atoms with Crippen LogP contribution in [-0.4, -0.2) is 11.2 Å². The van der Waals surface area contributed by atoms with E-state index in [1.165, 1.54) is 56.9 Å². The van der Waals surface area contributed by atoms with Crippen LogP contribution in [0, 0.1) is 28.6 Å². The molecule has 0 heterocycles. The van der Waals surface area contributed by atoms with E-state index in [-0.39, 0.29) is 6.10 Å². The van der Waals surface area contributed by atoms with Gasteiger partial charge in [0.15, 0.2) is 0 Å². The Morgan fingerprint density at radius 1 is 1.07 bits per heavy atom. The maximum Gasteiger partial charge on any atom is 0.0578 e.